The van der Waals surface area contributed by atoms with Crippen molar-refractivity contribution in [1.82, 2.24) is 14.5 Å². The molecule has 8 heteroatoms. The van der Waals surface area contributed by atoms with Gasteiger partial charge >= 0.3 is 5.97 Å². The van der Waals surface area contributed by atoms with Crippen molar-refractivity contribution in [2.45, 2.75) is 39.2 Å². The summed E-state index contributed by atoms with van der Waals surface area (Å²) in [5.74, 6) is -1.48. The number of carboxylic acids is 1. The van der Waals surface area contributed by atoms with Gasteiger partial charge in [-0.3, -0.25) is 9.36 Å². The van der Waals surface area contributed by atoms with Crippen molar-refractivity contribution in [2.75, 3.05) is 0 Å². The van der Waals surface area contributed by atoms with Crippen LogP contribution in [-0.4, -0.2) is 25.6 Å². The fourth-order valence-corrected chi connectivity index (χ4v) is 5.55. The summed E-state index contributed by atoms with van der Waals surface area (Å²) in [6, 6.07) is 10.1. The van der Waals surface area contributed by atoms with Crippen molar-refractivity contribution in [1.29, 1.82) is 0 Å². The average Bonchev–Trinajstić information content (AvgIpc) is 3.25. The Morgan fingerprint density at radius 3 is 2.86 bits per heavy atom. The fraction of sp³-hybridized carbons (Fsp3) is 0.296. The first-order valence-electron chi connectivity index (χ1n) is 11.7. The molecule has 6 rings (SSSR count). The van der Waals surface area contributed by atoms with E-state index in [-0.39, 0.29) is 29.9 Å². The van der Waals surface area contributed by atoms with Crippen LogP contribution in [0.3, 0.4) is 0 Å². The topological polar surface area (TPSA) is 77.2 Å². The van der Waals surface area contributed by atoms with E-state index in [0.717, 1.165) is 40.4 Å². The van der Waals surface area contributed by atoms with E-state index in [4.69, 9.17) is 4.74 Å². The Morgan fingerprint density at radius 1 is 1.26 bits per heavy atom. The summed E-state index contributed by atoms with van der Waals surface area (Å²) in [4.78, 5) is 20.2. The molecule has 4 aromatic rings. The van der Waals surface area contributed by atoms with E-state index < -0.39 is 17.6 Å². The van der Waals surface area contributed by atoms with Crippen LogP contribution < -0.4 is 4.74 Å². The van der Waals surface area contributed by atoms with Gasteiger partial charge in [-0.05, 0) is 59.7 Å². The Balaban J connectivity index is 1.29. The number of carbonyl (C=O) groups is 1. The number of hydrogen-bond donors (Lipinski definition) is 1. The second kappa shape index (κ2) is 7.86. The van der Waals surface area contributed by atoms with Crippen molar-refractivity contribution < 1.29 is 23.4 Å². The second-order valence-corrected chi connectivity index (χ2v) is 9.28. The standard InChI is InChI=1S/C27H23F2N3O3/c1-3-21-31-19-8-7-18(28)25(29)26(19)32(21)20-6-4-5-14(13(20)2)12-35-22-10-15-9-16-23(17(15)11-30-22)24(16)27(33)34/h4-8,10-11,16,23-24H,3,9,12H2,1-2H3,(H,33,34). The molecule has 2 aliphatic rings. The van der Waals surface area contributed by atoms with Crippen molar-refractivity contribution in [3.63, 3.8) is 0 Å². The van der Waals surface area contributed by atoms with Crippen LogP contribution in [-0.2, 0) is 24.2 Å². The van der Waals surface area contributed by atoms with Gasteiger partial charge in [-0.1, -0.05) is 19.1 Å². The van der Waals surface area contributed by atoms with E-state index in [1.54, 1.807) is 10.8 Å². The molecule has 1 N–H and O–H groups in total. The van der Waals surface area contributed by atoms with Gasteiger partial charge in [-0.2, -0.15) is 0 Å². The first kappa shape index (κ1) is 21.7. The number of hydrogen-bond acceptors (Lipinski definition) is 4. The maximum Gasteiger partial charge on any atom is 0.307 e. The molecule has 0 aliphatic heterocycles. The zero-order valence-electron chi connectivity index (χ0n) is 19.3. The maximum atomic E-state index is 14.8. The molecule has 0 radical (unpaired) electrons. The molecular formula is C27H23F2N3O3. The number of halogens is 2. The number of carboxylic acid groups (broad SMARTS) is 1. The summed E-state index contributed by atoms with van der Waals surface area (Å²) in [6.45, 7) is 4.10. The fourth-order valence-electron chi connectivity index (χ4n) is 5.55. The van der Waals surface area contributed by atoms with Gasteiger partial charge in [0.05, 0.1) is 17.1 Å². The minimum absolute atomic E-state index is 0.0750. The summed E-state index contributed by atoms with van der Waals surface area (Å²) in [7, 11) is 0. The van der Waals surface area contributed by atoms with Crippen LogP contribution in [0.2, 0.25) is 0 Å². The van der Waals surface area contributed by atoms with E-state index in [1.807, 2.05) is 38.1 Å². The molecule has 0 spiro atoms. The van der Waals surface area contributed by atoms with Gasteiger partial charge in [0.1, 0.15) is 17.9 Å². The monoisotopic (exact) mass is 475 g/mol. The van der Waals surface area contributed by atoms with Crippen molar-refractivity contribution in [2.24, 2.45) is 11.8 Å². The lowest BCUT2D eigenvalue weighted by Crippen LogP contribution is -2.08. The molecule has 2 aromatic heterocycles. The molecule has 2 aromatic carbocycles. The van der Waals surface area contributed by atoms with Crippen LogP contribution in [0.5, 0.6) is 5.88 Å². The Hall–Kier alpha value is -3.81. The van der Waals surface area contributed by atoms with E-state index >= 15 is 0 Å². The number of nitrogens with zero attached hydrogens (tertiary/aromatic N) is 3. The predicted octanol–water partition coefficient (Wildman–Crippen LogP) is 5.12. The minimum atomic E-state index is -0.915. The lowest BCUT2D eigenvalue weighted by Gasteiger charge is -2.16. The van der Waals surface area contributed by atoms with E-state index in [2.05, 4.69) is 9.97 Å². The van der Waals surface area contributed by atoms with Crippen molar-refractivity contribution >= 4 is 17.0 Å². The molecule has 35 heavy (non-hydrogen) atoms. The lowest BCUT2D eigenvalue weighted by molar-refractivity contribution is -0.139. The van der Waals surface area contributed by atoms with E-state index in [9.17, 15) is 18.7 Å². The molecular weight excluding hydrogens is 452 g/mol. The average molecular weight is 475 g/mol. The van der Waals surface area contributed by atoms with Gasteiger partial charge in [-0.15, -0.1) is 0 Å². The van der Waals surface area contributed by atoms with Crippen molar-refractivity contribution in [3.8, 4) is 11.6 Å². The van der Waals surface area contributed by atoms with Gasteiger partial charge < -0.3 is 9.84 Å². The number of imidazole rings is 1. The van der Waals surface area contributed by atoms with Gasteiger partial charge in [0, 0.05) is 24.6 Å². The highest BCUT2D eigenvalue weighted by atomic mass is 19.2. The third kappa shape index (κ3) is 3.31. The zero-order valence-corrected chi connectivity index (χ0v) is 19.3. The van der Waals surface area contributed by atoms with Crippen LogP contribution >= 0.6 is 0 Å². The van der Waals surface area contributed by atoms with E-state index in [1.165, 1.54) is 6.07 Å². The molecule has 0 amide bonds. The van der Waals surface area contributed by atoms with Crippen LogP contribution in [0.15, 0.2) is 42.6 Å². The molecule has 1 saturated carbocycles. The molecule has 1 fully saturated rings. The number of pyridine rings is 1. The highest BCUT2D eigenvalue weighted by molar-refractivity contribution is 5.80. The summed E-state index contributed by atoms with van der Waals surface area (Å²) in [5, 5.41) is 9.30. The van der Waals surface area contributed by atoms with Crippen LogP contribution in [0.1, 0.15) is 40.9 Å². The van der Waals surface area contributed by atoms with Crippen LogP contribution in [0.4, 0.5) is 8.78 Å². The Bertz CT molecular complexity index is 1510. The normalized spacial score (nSPS) is 20.1. The molecule has 0 saturated heterocycles. The van der Waals surface area contributed by atoms with Crippen LogP contribution in [0, 0.1) is 30.4 Å². The molecule has 178 valence electrons. The molecule has 3 atom stereocenters. The predicted molar refractivity (Wildman–Crippen MR) is 125 cm³/mol. The summed E-state index contributed by atoms with van der Waals surface area (Å²) < 4.78 is 36.5. The number of fused-ring (bicyclic) bond motifs is 4. The highest BCUT2D eigenvalue weighted by Crippen LogP contribution is 2.61. The van der Waals surface area contributed by atoms with Gasteiger partial charge in [-0.25, -0.2) is 18.7 Å². The SMILES string of the molecule is CCc1nc2ccc(F)c(F)c2n1-c1cccc(COc2cc3c(cn2)C2C(C3)C2C(=O)O)c1C. The number of aliphatic carboxylic acids is 1. The molecule has 2 aliphatic carbocycles. The zero-order chi connectivity index (χ0) is 24.4. The van der Waals surface area contributed by atoms with Gasteiger partial charge in [0.2, 0.25) is 5.88 Å². The maximum absolute atomic E-state index is 14.8. The largest absolute Gasteiger partial charge is 0.481 e. The second-order valence-electron chi connectivity index (χ2n) is 9.28. The number of benzene rings is 2. The molecule has 6 nitrogen and oxygen atoms in total. The minimum Gasteiger partial charge on any atom is -0.481 e. The first-order chi connectivity index (χ1) is 16.9. The third-order valence-corrected chi connectivity index (χ3v) is 7.40. The summed E-state index contributed by atoms with van der Waals surface area (Å²) in [5.41, 5.74) is 5.13. The Labute approximate surface area is 200 Å². The van der Waals surface area contributed by atoms with Crippen LogP contribution in [0.25, 0.3) is 16.7 Å². The van der Waals surface area contributed by atoms with Crippen molar-refractivity contribution in [3.05, 3.63) is 82.3 Å². The first-order valence-corrected chi connectivity index (χ1v) is 11.7. The number of aromatic nitrogens is 3. The smallest absolute Gasteiger partial charge is 0.307 e. The number of rotatable bonds is 6. The Morgan fingerprint density at radius 2 is 2.09 bits per heavy atom. The molecule has 0 bridgehead atoms. The molecule has 2 heterocycles. The Kier molecular flexibility index (Phi) is 4.88. The quantitative estimate of drug-likeness (QED) is 0.419. The van der Waals surface area contributed by atoms with Gasteiger partial charge in [0.25, 0.3) is 0 Å². The summed E-state index contributed by atoms with van der Waals surface area (Å²) in [6.07, 6.45) is 3.03. The highest BCUT2D eigenvalue weighted by Gasteiger charge is 2.59. The number of ether oxygens (including phenoxy) is 1. The molecule has 3 unspecified atom stereocenters. The summed E-state index contributed by atoms with van der Waals surface area (Å²) >= 11 is 0. The van der Waals surface area contributed by atoms with E-state index in [0.29, 0.717) is 23.6 Å². The van der Waals surface area contributed by atoms with Gasteiger partial charge in [0.15, 0.2) is 11.6 Å². The third-order valence-electron chi connectivity index (χ3n) is 7.40. The number of aryl methyl sites for hydroxylation is 1. The lowest BCUT2D eigenvalue weighted by atomic mass is 10.0.